The Morgan fingerprint density at radius 2 is 1.60 bits per heavy atom. The number of nitrogens with zero attached hydrogens (tertiary/aromatic N) is 1. The fourth-order valence-corrected chi connectivity index (χ4v) is 2.18. The molecule has 25 heavy (non-hydrogen) atoms. The summed E-state index contributed by atoms with van der Waals surface area (Å²) in [6.45, 7) is 0.654. The van der Waals surface area contributed by atoms with Crippen LogP contribution in [-0.4, -0.2) is 36.5 Å². The van der Waals surface area contributed by atoms with E-state index in [2.05, 4.69) is 5.32 Å². The van der Waals surface area contributed by atoms with Gasteiger partial charge in [0.1, 0.15) is 12.6 Å². The normalized spacial score (nSPS) is 11.4. The Bertz CT molecular complexity index is 677. The standard InChI is InChI=1S/C19H23N3O3/c1-22(13-15-8-4-2-5-9-15)19(24)21-12-17(20)18(23)25-14-16-10-6-3-7-11-16/h2-11,17H,12-14,20H2,1H3,(H,21,24). The molecule has 0 aliphatic heterocycles. The summed E-state index contributed by atoms with van der Waals surface area (Å²) in [4.78, 5) is 25.5. The van der Waals surface area contributed by atoms with Crippen molar-refractivity contribution < 1.29 is 14.3 Å². The molecule has 132 valence electrons. The van der Waals surface area contributed by atoms with Gasteiger partial charge in [-0.15, -0.1) is 0 Å². The van der Waals surface area contributed by atoms with Gasteiger partial charge in [-0.25, -0.2) is 4.79 Å². The third kappa shape index (κ3) is 6.27. The van der Waals surface area contributed by atoms with Gasteiger partial charge in [0.25, 0.3) is 0 Å². The molecule has 0 saturated heterocycles. The van der Waals surface area contributed by atoms with Crippen LogP contribution in [0.4, 0.5) is 4.79 Å². The zero-order chi connectivity index (χ0) is 18.1. The number of ether oxygens (including phenoxy) is 1. The summed E-state index contributed by atoms with van der Waals surface area (Å²) in [7, 11) is 1.68. The topological polar surface area (TPSA) is 84.7 Å². The maximum absolute atomic E-state index is 12.1. The number of benzene rings is 2. The highest BCUT2D eigenvalue weighted by Crippen LogP contribution is 2.03. The molecule has 0 bridgehead atoms. The summed E-state index contributed by atoms with van der Waals surface area (Å²) in [6, 6.07) is 17.8. The van der Waals surface area contributed by atoms with Gasteiger partial charge in [-0.3, -0.25) is 4.79 Å². The third-order valence-corrected chi connectivity index (χ3v) is 3.61. The van der Waals surface area contributed by atoms with E-state index in [0.29, 0.717) is 6.54 Å². The van der Waals surface area contributed by atoms with Crippen molar-refractivity contribution in [3.8, 4) is 0 Å². The number of urea groups is 1. The monoisotopic (exact) mass is 341 g/mol. The van der Waals surface area contributed by atoms with Crippen molar-refractivity contribution >= 4 is 12.0 Å². The SMILES string of the molecule is CN(Cc1ccccc1)C(=O)NCC(N)C(=O)OCc1ccccc1. The second-order valence-electron chi connectivity index (χ2n) is 5.73. The van der Waals surface area contributed by atoms with E-state index in [0.717, 1.165) is 11.1 Å². The van der Waals surface area contributed by atoms with Crippen LogP contribution in [-0.2, 0) is 22.7 Å². The minimum Gasteiger partial charge on any atom is -0.460 e. The number of hydrogen-bond acceptors (Lipinski definition) is 4. The van der Waals surface area contributed by atoms with Crippen LogP contribution in [0.5, 0.6) is 0 Å². The summed E-state index contributed by atoms with van der Waals surface area (Å²) in [5, 5.41) is 2.64. The molecule has 0 aliphatic carbocycles. The van der Waals surface area contributed by atoms with Gasteiger partial charge in [-0.2, -0.15) is 0 Å². The zero-order valence-electron chi connectivity index (χ0n) is 14.2. The highest BCUT2D eigenvalue weighted by Gasteiger charge is 2.17. The van der Waals surface area contributed by atoms with Gasteiger partial charge in [-0.1, -0.05) is 60.7 Å². The summed E-state index contributed by atoms with van der Waals surface area (Å²) in [5.74, 6) is -0.546. The number of hydrogen-bond donors (Lipinski definition) is 2. The van der Waals surface area contributed by atoms with Crippen LogP contribution >= 0.6 is 0 Å². The molecular weight excluding hydrogens is 318 g/mol. The molecule has 0 aromatic heterocycles. The molecule has 0 spiro atoms. The highest BCUT2D eigenvalue weighted by molar-refractivity contribution is 5.78. The van der Waals surface area contributed by atoms with Gasteiger partial charge < -0.3 is 20.7 Å². The highest BCUT2D eigenvalue weighted by atomic mass is 16.5. The van der Waals surface area contributed by atoms with Gasteiger partial charge in [0, 0.05) is 20.1 Å². The number of esters is 1. The lowest BCUT2D eigenvalue weighted by atomic mass is 10.2. The van der Waals surface area contributed by atoms with Crippen LogP contribution in [0, 0.1) is 0 Å². The largest absolute Gasteiger partial charge is 0.460 e. The van der Waals surface area contributed by atoms with Crippen molar-refractivity contribution in [1.82, 2.24) is 10.2 Å². The first kappa shape index (κ1) is 18.5. The first-order chi connectivity index (χ1) is 12.1. The van der Waals surface area contributed by atoms with Crippen molar-refractivity contribution in [2.45, 2.75) is 19.2 Å². The van der Waals surface area contributed by atoms with E-state index in [-0.39, 0.29) is 19.2 Å². The first-order valence-electron chi connectivity index (χ1n) is 8.05. The fraction of sp³-hybridized carbons (Fsp3) is 0.263. The molecule has 0 fully saturated rings. The van der Waals surface area contributed by atoms with E-state index in [1.54, 1.807) is 7.05 Å². The van der Waals surface area contributed by atoms with E-state index in [1.165, 1.54) is 4.90 Å². The van der Waals surface area contributed by atoms with Crippen molar-refractivity contribution in [3.05, 3.63) is 71.8 Å². The summed E-state index contributed by atoms with van der Waals surface area (Å²) in [6.07, 6.45) is 0. The van der Waals surface area contributed by atoms with Crippen LogP contribution in [0.25, 0.3) is 0 Å². The summed E-state index contributed by atoms with van der Waals surface area (Å²) in [5.41, 5.74) is 7.68. The van der Waals surface area contributed by atoms with Crippen molar-refractivity contribution in [2.75, 3.05) is 13.6 Å². The fourth-order valence-electron chi connectivity index (χ4n) is 2.18. The Morgan fingerprint density at radius 3 is 2.20 bits per heavy atom. The zero-order valence-corrected chi connectivity index (χ0v) is 14.2. The van der Waals surface area contributed by atoms with Gasteiger partial charge in [0.2, 0.25) is 0 Å². The van der Waals surface area contributed by atoms with Crippen LogP contribution in [0.1, 0.15) is 11.1 Å². The lowest BCUT2D eigenvalue weighted by Crippen LogP contribution is -2.46. The molecule has 2 amide bonds. The maximum Gasteiger partial charge on any atom is 0.325 e. The smallest absolute Gasteiger partial charge is 0.325 e. The molecule has 0 aliphatic rings. The molecule has 0 saturated carbocycles. The van der Waals surface area contributed by atoms with Crippen LogP contribution in [0.2, 0.25) is 0 Å². The predicted molar refractivity (Wildman–Crippen MR) is 95.5 cm³/mol. The number of carbonyl (C=O) groups excluding carboxylic acids is 2. The molecular formula is C19H23N3O3. The van der Waals surface area contributed by atoms with Gasteiger partial charge in [0.05, 0.1) is 0 Å². The first-order valence-corrected chi connectivity index (χ1v) is 8.05. The minimum atomic E-state index is -0.905. The Labute approximate surface area is 147 Å². The number of nitrogens with two attached hydrogens (primary N) is 1. The number of rotatable bonds is 7. The summed E-state index contributed by atoms with van der Waals surface area (Å²) < 4.78 is 5.15. The second-order valence-corrected chi connectivity index (χ2v) is 5.73. The Balaban J connectivity index is 1.71. The predicted octanol–water partition coefficient (Wildman–Crippen LogP) is 1.90. The molecule has 6 nitrogen and oxygen atoms in total. The Kier molecular flexibility index (Phi) is 6.98. The number of carbonyl (C=O) groups is 2. The Hall–Kier alpha value is -2.86. The molecule has 0 heterocycles. The van der Waals surface area contributed by atoms with Gasteiger partial charge in [0.15, 0.2) is 0 Å². The lowest BCUT2D eigenvalue weighted by Gasteiger charge is -2.19. The average Bonchev–Trinajstić information content (AvgIpc) is 2.65. The van der Waals surface area contributed by atoms with E-state index in [9.17, 15) is 9.59 Å². The van der Waals surface area contributed by atoms with Crippen LogP contribution in [0.3, 0.4) is 0 Å². The molecule has 0 radical (unpaired) electrons. The molecule has 1 atom stereocenters. The molecule has 3 N–H and O–H groups in total. The lowest BCUT2D eigenvalue weighted by molar-refractivity contribution is -0.146. The minimum absolute atomic E-state index is 0.0194. The van der Waals surface area contributed by atoms with Gasteiger partial charge >= 0.3 is 12.0 Å². The van der Waals surface area contributed by atoms with E-state index in [1.807, 2.05) is 60.7 Å². The number of amides is 2. The average molecular weight is 341 g/mol. The van der Waals surface area contributed by atoms with E-state index < -0.39 is 12.0 Å². The quantitative estimate of drug-likeness (QED) is 0.753. The molecule has 2 aromatic rings. The van der Waals surface area contributed by atoms with Crippen molar-refractivity contribution in [3.63, 3.8) is 0 Å². The van der Waals surface area contributed by atoms with E-state index in [4.69, 9.17) is 10.5 Å². The molecule has 2 rings (SSSR count). The van der Waals surface area contributed by atoms with Gasteiger partial charge in [-0.05, 0) is 11.1 Å². The number of nitrogens with one attached hydrogen (secondary N) is 1. The van der Waals surface area contributed by atoms with Crippen LogP contribution in [0.15, 0.2) is 60.7 Å². The molecule has 6 heteroatoms. The Morgan fingerprint density at radius 1 is 1.04 bits per heavy atom. The van der Waals surface area contributed by atoms with Crippen molar-refractivity contribution in [1.29, 1.82) is 0 Å². The van der Waals surface area contributed by atoms with E-state index >= 15 is 0 Å². The van der Waals surface area contributed by atoms with Crippen LogP contribution < -0.4 is 11.1 Å². The summed E-state index contributed by atoms with van der Waals surface area (Å²) >= 11 is 0. The molecule has 2 aromatic carbocycles. The third-order valence-electron chi connectivity index (χ3n) is 3.61. The van der Waals surface area contributed by atoms with Crippen molar-refractivity contribution in [2.24, 2.45) is 5.73 Å². The molecule has 1 unspecified atom stereocenters. The second kappa shape index (κ2) is 9.44. The maximum atomic E-state index is 12.1.